The predicted molar refractivity (Wildman–Crippen MR) is 64.3 cm³/mol. The number of nitrogens with zero attached hydrogens (tertiary/aromatic N) is 2. The zero-order chi connectivity index (χ0) is 12.0. The SMILES string of the molecule is CCOC(C)c1noc(C(N)CCSC)n1. The molecule has 2 atom stereocenters. The predicted octanol–water partition coefficient (Wildman–Crippen LogP) is 1.92. The topological polar surface area (TPSA) is 74.2 Å². The second-order valence-electron chi connectivity index (χ2n) is 3.48. The lowest BCUT2D eigenvalue weighted by atomic mass is 10.2. The summed E-state index contributed by atoms with van der Waals surface area (Å²) in [7, 11) is 0. The van der Waals surface area contributed by atoms with Gasteiger partial charge in [0.15, 0.2) is 5.82 Å². The molecule has 0 bridgehead atoms. The average molecular weight is 245 g/mol. The fraction of sp³-hybridized carbons (Fsp3) is 0.800. The summed E-state index contributed by atoms with van der Waals surface area (Å²) in [5.41, 5.74) is 5.92. The molecule has 0 aliphatic carbocycles. The Kier molecular flexibility index (Phi) is 5.79. The molecule has 0 saturated carbocycles. The van der Waals surface area contributed by atoms with Gasteiger partial charge in [0.2, 0.25) is 5.89 Å². The minimum absolute atomic E-state index is 0.143. The number of hydrogen-bond acceptors (Lipinski definition) is 6. The van der Waals surface area contributed by atoms with E-state index >= 15 is 0 Å². The number of nitrogens with two attached hydrogens (primary N) is 1. The Morgan fingerprint density at radius 3 is 2.94 bits per heavy atom. The van der Waals surface area contributed by atoms with Crippen molar-refractivity contribution >= 4 is 11.8 Å². The van der Waals surface area contributed by atoms with E-state index in [0.29, 0.717) is 18.3 Å². The summed E-state index contributed by atoms with van der Waals surface area (Å²) in [4.78, 5) is 4.24. The van der Waals surface area contributed by atoms with Gasteiger partial charge in [-0.2, -0.15) is 16.7 Å². The Morgan fingerprint density at radius 1 is 1.56 bits per heavy atom. The number of hydrogen-bond donors (Lipinski definition) is 1. The fourth-order valence-corrected chi connectivity index (χ4v) is 1.75. The fourth-order valence-electron chi connectivity index (χ4n) is 1.26. The van der Waals surface area contributed by atoms with E-state index in [-0.39, 0.29) is 12.1 Å². The van der Waals surface area contributed by atoms with Crippen LogP contribution in [-0.2, 0) is 4.74 Å². The highest BCUT2D eigenvalue weighted by molar-refractivity contribution is 7.98. The zero-order valence-electron chi connectivity index (χ0n) is 9.97. The lowest BCUT2D eigenvalue weighted by molar-refractivity contribution is 0.0683. The molecule has 0 amide bonds. The van der Waals surface area contributed by atoms with Gasteiger partial charge in [-0.15, -0.1) is 0 Å². The number of rotatable bonds is 7. The van der Waals surface area contributed by atoms with E-state index in [4.69, 9.17) is 15.0 Å². The number of thioether (sulfide) groups is 1. The van der Waals surface area contributed by atoms with Crippen molar-refractivity contribution in [2.75, 3.05) is 18.6 Å². The molecule has 1 rings (SSSR count). The molecule has 2 unspecified atom stereocenters. The van der Waals surface area contributed by atoms with Crippen LogP contribution in [-0.4, -0.2) is 28.8 Å². The van der Waals surface area contributed by atoms with E-state index in [0.717, 1.165) is 12.2 Å². The van der Waals surface area contributed by atoms with E-state index in [2.05, 4.69) is 10.1 Å². The lowest BCUT2D eigenvalue weighted by Gasteiger charge is -2.06. The molecule has 0 saturated heterocycles. The van der Waals surface area contributed by atoms with Crippen LogP contribution in [0.25, 0.3) is 0 Å². The lowest BCUT2D eigenvalue weighted by Crippen LogP contribution is -2.12. The Morgan fingerprint density at radius 2 is 2.31 bits per heavy atom. The highest BCUT2D eigenvalue weighted by Crippen LogP contribution is 2.18. The largest absolute Gasteiger partial charge is 0.371 e. The van der Waals surface area contributed by atoms with Gasteiger partial charge in [-0.05, 0) is 32.3 Å². The van der Waals surface area contributed by atoms with Gasteiger partial charge in [0.25, 0.3) is 0 Å². The molecule has 0 radical (unpaired) electrons. The van der Waals surface area contributed by atoms with Gasteiger partial charge in [-0.3, -0.25) is 0 Å². The minimum Gasteiger partial charge on any atom is -0.371 e. The Bertz CT molecular complexity index is 306. The summed E-state index contributed by atoms with van der Waals surface area (Å²) in [6, 6.07) is -0.178. The summed E-state index contributed by atoms with van der Waals surface area (Å²) in [5.74, 6) is 2.05. The molecular formula is C10H19N3O2S. The minimum atomic E-state index is -0.178. The molecule has 1 aromatic heterocycles. The number of aromatic nitrogens is 2. The molecule has 0 aromatic carbocycles. The summed E-state index contributed by atoms with van der Waals surface area (Å²) in [6.07, 6.45) is 2.74. The van der Waals surface area contributed by atoms with Crippen molar-refractivity contribution in [3.63, 3.8) is 0 Å². The molecular weight excluding hydrogens is 226 g/mol. The maximum atomic E-state index is 5.92. The first-order valence-corrected chi connectivity index (χ1v) is 6.78. The highest BCUT2D eigenvalue weighted by atomic mass is 32.2. The van der Waals surface area contributed by atoms with Crippen molar-refractivity contribution < 1.29 is 9.26 Å². The van der Waals surface area contributed by atoms with Crippen LogP contribution in [0, 0.1) is 0 Å². The molecule has 0 spiro atoms. The molecule has 16 heavy (non-hydrogen) atoms. The number of ether oxygens (including phenoxy) is 1. The van der Waals surface area contributed by atoms with E-state index in [1.54, 1.807) is 11.8 Å². The molecule has 92 valence electrons. The third-order valence-corrected chi connectivity index (χ3v) is 2.83. The summed E-state index contributed by atoms with van der Waals surface area (Å²) < 4.78 is 10.5. The highest BCUT2D eigenvalue weighted by Gasteiger charge is 2.17. The molecule has 1 aromatic rings. The third kappa shape index (κ3) is 3.77. The van der Waals surface area contributed by atoms with Gasteiger partial charge >= 0.3 is 0 Å². The first-order valence-electron chi connectivity index (χ1n) is 5.38. The Labute approximate surface area is 100 Å². The summed E-state index contributed by atoms with van der Waals surface area (Å²) >= 11 is 1.75. The summed E-state index contributed by atoms with van der Waals surface area (Å²) in [6.45, 7) is 4.46. The first-order chi connectivity index (χ1) is 7.69. The normalized spacial score (nSPS) is 15.0. The van der Waals surface area contributed by atoms with E-state index < -0.39 is 0 Å². The van der Waals surface area contributed by atoms with Crippen molar-refractivity contribution in [3.05, 3.63) is 11.7 Å². The second-order valence-corrected chi connectivity index (χ2v) is 4.46. The van der Waals surface area contributed by atoms with Crippen LogP contribution in [0.5, 0.6) is 0 Å². The smallest absolute Gasteiger partial charge is 0.243 e. The van der Waals surface area contributed by atoms with Gasteiger partial charge in [0.1, 0.15) is 6.10 Å². The first kappa shape index (κ1) is 13.5. The molecule has 1 heterocycles. The van der Waals surface area contributed by atoms with Gasteiger partial charge in [-0.25, -0.2) is 0 Å². The van der Waals surface area contributed by atoms with Gasteiger partial charge in [0.05, 0.1) is 6.04 Å². The van der Waals surface area contributed by atoms with Crippen molar-refractivity contribution in [1.29, 1.82) is 0 Å². The Hall–Kier alpha value is -0.590. The van der Waals surface area contributed by atoms with E-state index in [9.17, 15) is 0 Å². The third-order valence-electron chi connectivity index (χ3n) is 2.19. The summed E-state index contributed by atoms with van der Waals surface area (Å²) in [5, 5.41) is 3.87. The molecule has 5 nitrogen and oxygen atoms in total. The van der Waals surface area contributed by atoms with Crippen LogP contribution in [0.1, 0.15) is 44.1 Å². The van der Waals surface area contributed by atoms with Crippen molar-refractivity contribution in [2.45, 2.75) is 32.4 Å². The van der Waals surface area contributed by atoms with Crippen LogP contribution < -0.4 is 5.73 Å². The molecule has 0 aliphatic heterocycles. The average Bonchev–Trinajstić information content (AvgIpc) is 2.75. The maximum Gasteiger partial charge on any atom is 0.243 e. The standard InChI is InChI=1S/C10H19N3O2S/c1-4-14-7(2)9-12-10(15-13-9)8(11)5-6-16-3/h7-8H,4-6,11H2,1-3H3. The quantitative estimate of drug-likeness (QED) is 0.791. The van der Waals surface area contributed by atoms with E-state index in [1.807, 2.05) is 20.1 Å². The van der Waals surface area contributed by atoms with Crippen molar-refractivity contribution in [3.8, 4) is 0 Å². The van der Waals surface area contributed by atoms with Crippen molar-refractivity contribution in [2.24, 2.45) is 5.73 Å². The van der Waals surface area contributed by atoms with Gasteiger partial charge < -0.3 is 15.0 Å². The molecule has 2 N–H and O–H groups in total. The van der Waals surface area contributed by atoms with Crippen LogP contribution in [0.3, 0.4) is 0 Å². The van der Waals surface area contributed by atoms with E-state index in [1.165, 1.54) is 0 Å². The van der Waals surface area contributed by atoms with Crippen LogP contribution in [0.15, 0.2) is 4.52 Å². The van der Waals surface area contributed by atoms with Crippen LogP contribution >= 0.6 is 11.8 Å². The molecule has 0 fully saturated rings. The van der Waals surface area contributed by atoms with Crippen LogP contribution in [0.4, 0.5) is 0 Å². The second kappa shape index (κ2) is 6.88. The molecule has 0 aliphatic rings. The van der Waals surface area contributed by atoms with Gasteiger partial charge in [-0.1, -0.05) is 5.16 Å². The zero-order valence-corrected chi connectivity index (χ0v) is 10.8. The van der Waals surface area contributed by atoms with Gasteiger partial charge in [0, 0.05) is 6.61 Å². The monoisotopic (exact) mass is 245 g/mol. The van der Waals surface area contributed by atoms with Crippen molar-refractivity contribution in [1.82, 2.24) is 10.1 Å². The molecule has 6 heteroatoms. The van der Waals surface area contributed by atoms with Crippen LogP contribution in [0.2, 0.25) is 0 Å². The Balaban J connectivity index is 2.56. The maximum absolute atomic E-state index is 5.92.